The average molecular weight is 310 g/mol. The minimum atomic E-state index is -3.58. The molecule has 1 fully saturated rings. The maximum absolute atomic E-state index is 12.5. The van der Waals surface area contributed by atoms with Crippen molar-refractivity contribution in [3.63, 3.8) is 0 Å². The van der Waals surface area contributed by atoms with Crippen LogP contribution in [0.4, 0.5) is 5.69 Å². The molecule has 1 aliphatic heterocycles. The molecule has 0 spiro atoms. The first kappa shape index (κ1) is 14.8. The summed E-state index contributed by atoms with van der Waals surface area (Å²) in [5.41, 5.74) is 2.06. The van der Waals surface area contributed by atoms with Gasteiger partial charge < -0.3 is 10.4 Å². The monoisotopic (exact) mass is 310 g/mol. The number of rotatable bonds is 3. The third kappa shape index (κ3) is 3.22. The highest BCUT2D eigenvalue weighted by Gasteiger charge is 2.27. The van der Waals surface area contributed by atoms with Gasteiger partial charge in [0.25, 0.3) is 0 Å². The second kappa shape index (κ2) is 5.94. The van der Waals surface area contributed by atoms with Crippen molar-refractivity contribution in [2.45, 2.75) is 55.6 Å². The van der Waals surface area contributed by atoms with Gasteiger partial charge in [0.1, 0.15) is 0 Å². The quantitative estimate of drug-likeness (QED) is 0.742. The smallest absolute Gasteiger partial charge is 0.240 e. The number of anilines is 1. The zero-order chi connectivity index (χ0) is 14.9. The molecule has 6 heteroatoms. The van der Waals surface area contributed by atoms with E-state index in [0.717, 1.165) is 43.5 Å². The summed E-state index contributed by atoms with van der Waals surface area (Å²) in [6, 6.07) is 4.83. The molecule has 5 nitrogen and oxygen atoms in total. The number of hydrogen-bond acceptors (Lipinski definition) is 4. The van der Waals surface area contributed by atoms with Crippen molar-refractivity contribution >= 4 is 15.7 Å². The first-order chi connectivity index (χ1) is 10.1. The number of hydrogen-bond donors (Lipinski definition) is 3. The van der Waals surface area contributed by atoms with Gasteiger partial charge in [-0.05, 0) is 37.0 Å². The number of aliphatic hydroxyl groups excluding tert-OH is 1. The fraction of sp³-hybridized carbons (Fsp3) is 0.600. The highest BCUT2D eigenvalue weighted by molar-refractivity contribution is 7.89. The molecule has 1 aromatic rings. The molecule has 1 aliphatic carbocycles. The van der Waals surface area contributed by atoms with Gasteiger partial charge in [0.05, 0.1) is 11.0 Å². The second-order valence-electron chi connectivity index (χ2n) is 5.93. The predicted octanol–water partition coefficient (Wildman–Crippen LogP) is 1.63. The molecule has 3 rings (SSSR count). The minimum absolute atomic E-state index is 0.270. The summed E-state index contributed by atoms with van der Waals surface area (Å²) in [7, 11) is -3.58. The number of nitrogens with one attached hydrogen (secondary N) is 2. The number of benzene rings is 1. The van der Waals surface area contributed by atoms with E-state index >= 15 is 0 Å². The van der Waals surface area contributed by atoms with Gasteiger partial charge in [-0.1, -0.05) is 25.3 Å². The van der Waals surface area contributed by atoms with E-state index in [0.29, 0.717) is 12.8 Å². The Kier molecular flexibility index (Phi) is 4.19. The van der Waals surface area contributed by atoms with E-state index in [1.807, 2.05) is 6.07 Å². The lowest BCUT2D eigenvalue weighted by molar-refractivity contribution is 0.130. The lowest BCUT2D eigenvalue weighted by Gasteiger charge is -2.21. The summed E-state index contributed by atoms with van der Waals surface area (Å²) in [6.07, 6.45) is 4.68. The third-order valence-electron chi connectivity index (χ3n) is 4.39. The van der Waals surface area contributed by atoms with Crippen LogP contribution >= 0.6 is 0 Å². The van der Waals surface area contributed by atoms with Gasteiger partial charge in [-0.15, -0.1) is 0 Å². The van der Waals surface area contributed by atoms with Crippen LogP contribution in [0.2, 0.25) is 0 Å². The van der Waals surface area contributed by atoms with Crippen molar-refractivity contribution in [1.82, 2.24) is 4.72 Å². The van der Waals surface area contributed by atoms with E-state index in [-0.39, 0.29) is 10.9 Å². The Balaban J connectivity index is 1.80. The zero-order valence-corrected chi connectivity index (χ0v) is 12.8. The van der Waals surface area contributed by atoms with Crippen LogP contribution in [0.25, 0.3) is 0 Å². The van der Waals surface area contributed by atoms with Crippen LogP contribution in [0.3, 0.4) is 0 Å². The summed E-state index contributed by atoms with van der Waals surface area (Å²) in [5.74, 6) is 0. The molecule has 0 aromatic heterocycles. The predicted molar refractivity (Wildman–Crippen MR) is 81.8 cm³/mol. The van der Waals surface area contributed by atoms with E-state index in [4.69, 9.17) is 0 Å². The molecule has 0 bridgehead atoms. The van der Waals surface area contributed by atoms with Crippen molar-refractivity contribution in [2.75, 3.05) is 11.9 Å². The van der Waals surface area contributed by atoms with Crippen molar-refractivity contribution in [3.8, 4) is 0 Å². The number of sulfonamides is 1. The lowest BCUT2D eigenvalue weighted by atomic mass is 10.1. The standard InChI is InChI=1S/C15H22N2O3S/c18-15-5-3-1-2-4-13(15)17-21(19,20)12-7-6-11-8-9-16-14(11)10-12/h6-7,10,13,15-18H,1-5,8-9H2. The lowest BCUT2D eigenvalue weighted by Crippen LogP contribution is -2.42. The van der Waals surface area contributed by atoms with E-state index in [2.05, 4.69) is 10.0 Å². The fourth-order valence-electron chi connectivity index (χ4n) is 3.13. The van der Waals surface area contributed by atoms with Gasteiger partial charge in [0.15, 0.2) is 0 Å². The molecule has 2 aliphatic rings. The van der Waals surface area contributed by atoms with Crippen molar-refractivity contribution < 1.29 is 13.5 Å². The van der Waals surface area contributed by atoms with Crippen LogP contribution in [-0.2, 0) is 16.4 Å². The average Bonchev–Trinajstić information content (AvgIpc) is 2.84. The van der Waals surface area contributed by atoms with Gasteiger partial charge in [-0.25, -0.2) is 13.1 Å². The summed E-state index contributed by atoms with van der Waals surface area (Å²) >= 11 is 0. The summed E-state index contributed by atoms with van der Waals surface area (Å²) < 4.78 is 27.7. The molecular formula is C15H22N2O3S. The van der Waals surface area contributed by atoms with Gasteiger partial charge in [0.2, 0.25) is 10.0 Å². The first-order valence-electron chi connectivity index (χ1n) is 7.63. The van der Waals surface area contributed by atoms with E-state index in [9.17, 15) is 13.5 Å². The molecular weight excluding hydrogens is 288 g/mol. The summed E-state index contributed by atoms with van der Waals surface area (Å²) in [4.78, 5) is 0.270. The Bertz CT molecular complexity index is 615. The van der Waals surface area contributed by atoms with E-state index in [1.165, 1.54) is 0 Å². The molecule has 0 amide bonds. The van der Waals surface area contributed by atoms with Gasteiger partial charge in [0, 0.05) is 18.3 Å². The molecule has 21 heavy (non-hydrogen) atoms. The Morgan fingerprint density at radius 2 is 2.00 bits per heavy atom. The summed E-state index contributed by atoms with van der Waals surface area (Å²) in [6.45, 7) is 0.855. The topological polar surface area (TPSA) is 78.4 Å². The van der Waals surface area contributed by atoms with Crippen molar-refractivity contribution in [3.05, 3.63) is 23.8 Å². The van der Waals surface area contributed by atoms with E-state index < -0.39 is 16.1 Å². The maximum Gasteiger partial charge on any atom is 0.240 e. The van der Waals surface area contributed by atoms with Crippen LogP contribution in [0.5, 0.6) is 0 Å². The largest absolute Gasteiger partial charge is 0.391 e. The Morgan fingerprint density at radius 3 is 2.86 bits per heavy atom. The second-order valence-corrected chi connectivity index (χ2v) is 7.64. The van der Waals surface area contributed by atoms with Crippen LogP contribution in [-0.4, -0.2) is 32.2 Å². The normalized spacial score (nSPS) is 26.0. The van der Waals surface area contributed by atoms with Crippen molar-refractivity contribution in [1.29, 1.82) is 0 Å². The van der Waals surface area contributed by atoms with Crippen LogP contribution in [0.15, 0.2) is 23.1 Å². The highest BCUT2D eigenvalue weighted by Crippen LogP contribution is 2.26. The van der Waals surface area contributed by atoms with Crippen LogP contribution < -0.4 is 10.0 Å². The molecule has 2 atom stereocenters. The Labute approximate surface area is 125 Å². The molecule has 0 radical (unpaired) electrons. The summed E-state index contributed by atoms with van der Waals surface area (Å²) in [5, 5.41) is 13.3. The molecule has 3 N–H and O–H groups in total. The van der Waals surface area contributed by atoms with Gasteiger partial charge in [-0.3, -0.25) is 0 Å². The van der Waals surface area contributed by atoms with Crippen LogP contribution in [0.1, 0.15) is 37.7 Å². The molecule has 1 saturated carbocycles. The van der Waals surface area contributed by atoms with Crippen molar-refractivity contribution in [2.24, 2.45) is 0 Å². The molecule has 0 saturated heterocycles. The molecule has 116 valence electrons. The SMILES string of the molecule is O=S(=O)(NC1CCCCCC1O)c1ccc2c(c1)NCC2. The number of fused-ring (bicyclic) bond motifs is 1. The number of aliphatic hydroxyl groups is 1. The van der Waals surface area contributed by atoms with Crippen LogP contribution in [0, 0.1) is 0 Å². The van der Waals surface area contributed by atoms with Gasteiger partial charge >= 0.3 is 0 Å². The Morgan fingerprint density at radius 1 is 1.19 bits per heavy atom. The Hall–Kier alpha value is -1.11. The van der Waals surface area contributed by atoms with E-state index in [1.54, 1.807) is 12.1 Å². The third-order valence-corrected chi connectivity index (χ3v) is 5.88. The highest BCUT2D eigenvalue weighted by atomic mass is 32.2. The molecule has 1 aromatic carbocycles. The fourth-order valence-corrected chi connectivity index (χ4v) is 4.46. The maximum atomic E-state index is 12.5. The van der Waals surface area contributed by atoms with Gasteiger partial charge in [-0.2, -0.15) is 0 Å². The first-order valence-corrected chi connectivity index (χ1v) is 9.12. The molecule has 2 unspecified atom stereocenters. The minimum Gasteiger partial charge on any atom is -0.391 e. The zero-order valence-electron chi connectivity index (χ0n) is 12.0. The molecule has 1 heterocycles.